The highest BCUT2D eigenvalue weighted by atomic mass is 32.2. The minimum atomic E-state index is -0.458. The van der Waals surface area contributed by atoms with Crippen LogP contribution in [0.1, 0.15) is 5.56 Å². The van der Waals surface area contributed by atoms with Crippen LogP contribution >= 0.6 is 24.0 Å². The molecule has 150 valence electrons. The van der Waals surface area contributed by atoms with Crippen LogP contribution in [-0.4, -0.2) is 27.6 Å². The molecular weight excluding hydrogens is 427 g/mol. The Hall–Kier alpha value is -3.30. The zero-order valence-corrected chi connectivity index (χ0v) is 16.9. The van der Waals surface area contributed by atoms with E-state index in [4.69, 9.17) is 16.6 Å². The molecule has 2 heterocycles. The summed E-state index contributed by atoms with van der Waals surface area (Å²) in [5, 5.41) is 3.35. The van der Waals surface area contributed by atoms with E-state index >= 15 is 0 Å². The molecule has 6 nitrogen and oxygen atoms in total. The van der Waals surface area contributed by atoms with Gasteiger partial charge in [-0.05, 0) is 48.0 Å². The van der Waals surface area contributed by atoms with Crippen molar-refractivity contribution in [2.24, 2.45) is 0 Å². The van der Waals surface area contributed by atoms with Crippen molar-refractivity contribution in [3.63, 3.8) is 0 Å². The summed E-state index contributed by atoms with van der Waals surface area (Å²) in [5.41, 5.74) is 0.963. The Morgan fingerprint density at radius 2 is 2.00 bits per heavy atom. The molecule has 1 aromatic heterocycles. The number of amides is 2. The topological polar surface area (TPSA) is 79.6 Å². The van der Waals surface area contributed by atoms with Gasteiger partial charge in [0, 0.05) is 17.1 Å². The number of carbonyl (C=O) groups is 2. The van der Waals surface area contributed by atoms with E-state index in [9.17, 15) is 18.8 Å². The van der Waals surface area contributed by atoms with Gasteiger partial charge >= 0.3 is 5.63 Å². The normalized spacial score (nSPS) is 15.2. The van der Waals surface area contributed by atoms with Gasteiger partial charge < -0.3 is 9.73 Å². The molecule has 1 N–H and O–H groups in total. The number of thioether (sulfide) groups is 1. The zero-order chi connectivity index (χ0) is 21.3. The van der Waals surface area contributed by atoms with Crippen molar-refractivity contribution < 1.29 is 18.4 Å². The van der Waals surface area contributed by atoms with Gasteiger partial charge in [-0.15, -0.1) is 0 Å². The Morgan fingerprint density at radius 3 is 2.80 bits per heavy atom. The highest BCUT2D eigenvalue weighted by Gasteiger charge is 2.33. The molecule has 1 saturated heterocycles. The van der Waals surface area contributed by atoms with Crippen LogP contribution in [-0.2, 0) is 9.59 Å². The number of carbonyl (C=O) groups excluding carboxylic acids is 2. The number of hydrogen-bond donors (Lipinski definition) is 1. The van der Waals surface area contributed by atoms with Gasteiger partial charge in [0.1, 0.15) is 22.3 Å². The first-order chi connectivity index (χ1) is 14.4. The number of hydrogen-bond acceptors (Lipinski definition) is 6. The first-order valence-corrected chi connectivity index (χ1v) is 9.96. The van der Waals surface area contributed by atoms with E-state index in [1.165, 1.54) is 29.2 Å². The standard InChI is InChI=1S/C21H13FN2O4S2/c22-14-3-1-2-12(8-14)9-17-20(27)24(21(29)30-17)11-18(25)23-15-5-6-16-13(10-15)4-7-19(26)28-16/h1-10H,11H2,(H,23,25). The highest BCUT2D eigenvalue weighted by molar-refractivity contribution is 8.26. The van der Waals surface area contributed by atoms with Crippen molar-refractivity contribution in [2.75, 3.05) is 11.9 Å². The third kappa shape index (κ3) is 4.32. The van der Waals surface area contributed by atoms with Gasteiger partial charge in [0.2, 0.25) is 5.91 Å². The van der Waals surface area contributed by atoms with Gasteiger partial charge in [0.25, 0.3) is 5.91 Å². The molecule has 1 fully saturated rings. The van der Waals surface area contributed by atoms with Gasteiger partial charge in [-0.2, -0.15) is 0 Å². The molecule has 0 atom stereocenters. The van der Waals surface area contributed by atoms with Gasteiger partial charge in [0.05, 0.1) is 4.91 Å². The van der Waals surface area contributed by atoms with E-state index in [0.717, 1.165) is 11.8 Å². The molecule has 0 spiro atoms. The van der Waals surface area contributed by atoms with Crippen molar-refractivity contribution >= 4 is 62.8 Å². The van der Waals surface area contributed by atoms with E-state index in [1.807, 2.05) is 0 Å². The fourth-order valence-corrected chi connectivity index (χ4v) is 4.13. The molecule has 0 unspecified atom stereocenters. The number of benzene rings is 2. The minimum Gasteiger partial charge on any atom is -0.423 e. The maximum atomic E-state index is 13.4. The summed E-state index contributed by atoms with van der Waals surface area (Å²) in [5.74, 6) is -1.26. The average Bonchev–Trinajstić information content (AvgIpc) is 2.95. The number of nitrogens with zero attached hydrogens (tertiary/aromatic N) is 1. The van der Waals surface area contributed by atoms with Crippen LogP contribution in [0.5, 0.6) is 0 Å². The first-order valence-electron chi connectivity index (χ1n) is 8.74. The minimum absolute atomic E-state index is 0.248. The zero-order valence-electron chi connectivity index (χ0n) is 15.3. The molecule has 0 radical (unpaired) electrons. The fourth-order valence-electron chi connectivity index (χ4n) is 2.88. The van der Waals surface area contributed by atoms with E-state index in [-0.39, 0.29) is 10.9 Å². The predicted molar refractivity (Wildman–Crippen MR) is 117 cm³/mol. The lowest BCUT2D eigenvalue weighted by Crippen LogP contribution is -2.36. The van der Waals surface area contributed by atoms with Crippen molar-refractivity contribution in [3.8, 4) is 0 Å². The van der Waals surface area contributed by atoms with Crippen LogP contribution < -0.4 is 10.9 Å². The van der Waals surface area contributed by atoms with Gasteiger partial charge in [-0.25, -0.2) is 9.18 Å². The fraction of sp³-hybridized carbons (Fsp3) is 0.0476. The summed E-state index contributed by atoms with van der Waals surface area (Å²) in [4.78, 5) is 37.8. The Labute approximate surface area is 179 Å². The van der Waals surface area contributed by atoms with Crippen LogP contribution in [0.4, 0.5) is 10.1 Å². The lowest BCUT2D eigenvalue weighted by atomic mass is 10.2. The smallest absolute Gasteiger partial charge is 0.336 e. The SMILES string of the molecule is O=C(CN1C(=O)C(=Cc2cccc(F)c2)SC1=S)Nc1ccc2oc(=O)ccc2c1. The van der Waals surface area contributed by atoms with Crippen LogP contribution in [0, 0.1) is 5.82 Å². The van der Waals surface area contributed by atoms with Gasteiger partial charge in [0.15, 0.2) is 0 Å². The number of rotatable bonds is 4. The maximum Gasteiger partial charge on any atom is 0.336 e. The van der Waals surface area contributed by atoms with Crippen LogP contribution in [0.3, 0.4) is 0 Å². The molecule has 1 aliphatic heterocycles. The average molecular weight is 440 g/mol. The molecule has 0 bridgehead atoms. The summed E-state index contributed by atoms with van der Waals surface area (Å²) in [7, 11) is 0. The summed E-state index contributed by atoms with van der Waals surface area (Å²) in [6.07, 6.45) is 1.54. The Bertz CT molecular complexity index is 1290. The second-order valence-corrected chi connectivity index (χ2v) is 8.05. The van der Waals surface area contributed by atoms with Crippen LogP contribution in [0.2, 0.25) is 0 Å². The third-order valence-electron chi connectivity index (χ3n) is 4.22. The Balaban J connectivity index is 1.46. The second kappa shape index (κ2) is 8.21. The number of thiocarbonyl (C=S) groups is 1. The Morgan fingerprint density at radius 1 is 1.17 bits per heavy atom. The van der Waals surface area contributed by atoms with Gasteiger partial charge in [-0.3, -0.25) is 14.5 Å². The summed E-state index contributed by atoms with van der Waals surface area (Å²) in [6.45, 7) is -0.257. The maximum absolute atomic E-state index is 13.4. The molecule has 4 rings (SSSR count). The molecule has 1 aliphatic rings. The van der Waals surface area contributed by atoms with Crippen molar-refractivity contribution in [1.82, 2.24) is 4.90 Å². The number of nitrogens with one attached hydrogen (secondary N) is 1. The molecule has 0 aliphatic carbocycles. The molecular formula is C21H13FN2O4S2. The van der Waals surface area contributed by atoms with E-state index < -0.39 is 23.3 Å². The largest absolute Gasteiger partial charge is 0.423 e. The molecule has 0 saturated carbocycles. The Kier molecular flexibility index (Phi) is 5.47. The lowest BCUT2D eigenvalue weighted by molar-refractivity contribution is -0.126. The summed E-state index contributed by atoms with van der Waals surface area (Å²) >= 11 is 6.28. The number of anilines is 1. The molecule has 9 heteroatoms. The molecule has 2 amide bonds. The quantitative estimate of drug-likeness (QED) is 0.378. The van der Waals surface area contributed by atoms with E-state index in [1.54, 1.807) is 36.4 Å². The van der Waals surface area contributed by atoms with Crippen molar-refractivity contribution in [3.05, 3.63) is 81.3 Å². The molecule has 30 heavy (non-hydrogen) atoms. The summed E-state index contributed by atoms with van der Waals surface area (Å²) < 4.78 is 18.7. The van der Waals surface area contributed by atoms with Crippen molar-refractivity contribution in [1.29, 1.82) is 0 Å². The first kappa shape index (κ1) is 20.0. The summed E-state index contributed by atoms with van der Waals surface area (Å²) in [6, 6.07) is 13.5. The van der Waals surface area contributed by atoms with E-state index in [2.05, 4.69) is 5.32 Å². The predicted octanol–water partition coefficient (Wildman–Crippen LogP) is 3.77. The monoisotopic (exact) mass is 440 g/mol. The number of halogens is 1. The third-order valence-corrected chi connectivity index (χ3v) is 5.60. The van der Waals surface area contributed by atoms with Gasteiger partial charge in [-0.1, -0.05) is 36.1 Å². The molecule has 2 aromatic carbocycles. The molecule has 3 aromatic rings. The number of fused-ring (bicyclic) bond motifs is 1. The highest BCUT2D eigenvalue weighted by Crippen LogP contribution is 2.32. The second-order valence-electron chi connectivity index (χ2n) is 6.38. The van der Waals surface area contributed by atoms with Crippen LogP contribution in [0.25, 0.3) is 17.0 Å². The lowest BCUT2D eigenvalue weighted by Gasteiger charge is -2.14. The van der Waals surface area contributed by atoms with Crippen LogP contribution in [0.15, 0.2) is 68.7 Å². The van der Waals surface area contributed by atoms with Crippen molar-refractivity contribution in [2.45, 2.75) is 0 Å². The van der Waals surface area contributed by atoms with E-state index in [0.29, 0.717) is 27.1 Å².